The number of phenols is 3. The summed E-state index contributed by atoms with van der Waals surface area (Å²) in [7, 11) is 0. The van der Waals surface area contributed by atoms with Crippen molar-refractivity contribution in [3.8, 4) is 23.0 Å². The summed E-state index contributed by atoms with van der Waals surface area (Å²) in [6.07, 6.45) is -0.416. The van der Waals surface area contributed by atoms with Gasteiger partial charge in [-0.15, -0.1) is 0 Å². The molecule has 3 N–H and O–H groups in total. The lowest BCUT2D eigenvalue weighted by Crippen LogP contribution is -2.21. The predicted molar refractivity (Wildman–Crippen MR) is 74.9 cm³/mol. The lowest BCUT2D eigenvalue weighted by atomic mass is 9.93. The Bertz CT molecular complexity index is 718. The van der Waals surface area contributed by atoms with Crippen LogP contribution in [0.3, 0.4) is 0 Å². The largest absolute Gasteiger partial charge is 0.508 e. The summed E-state index contributed by atoms with van der Waals surface area (Å²) in [5, 5.41) is 28.9. The number of aromatic hydroxyl groups is 3. The molecule has 0 aromatic heterocycles. The molecule has 0 unspecified atom stereocenters. The van der Waals surface area contributed by atoms with Gasteiger partial charge in [-0.3, -0.25) is 4.79 Å². The van der Waals surface area contributed by atoms with Crippen molar-refractivity contribution in [3.05, 3.63) is 47.0 Å². The Morgan fingerprint density at radius 1 is 1.10 bits per heavy atom. The first-order valence-electron chi connectivity index (χ1n) is 6.51. The van der Waals surface area contributed by atoms with E-state index in [2.05, 4.69) is 0 Å². The van der Waals surface area contributed by atoms with Crippen molar-refractivity contribution in [2.45, 2.75) is 19.4 Å². The maximum absolute atomic E-state index is 12.2. The van der Waals surface area contributed by atoms with E-state index in [4.69, 9.17) is 4.74 Å². The predicted octanol–water partition coefficient (Wildman–Crippen LogP) is 2.82. The molecule has 0 fully saturated rings. The van der Waals surface area contributed by atoms with Gasteiger partial charge in [-0.05, 0) is 24.6 Å². The molecule has 0 spiro atoms. The van der Waals surface area contributed by atoms with Gasteiger partial charge >= 0.3 is 0 Å². The van der Waals surface area contributed by atoms with Crippen molar-refractivity contribution in [1.82, 2.24) is 0 Å². The fourth-order valence-electron chi connectivity index (χ4n) is 2.48. The van der Waals surface area contributed by atoms with Crippen LogP contribution in [-0.4, -0.2) is 21.1 Å². The summed E-state index contributed by atoms with van der Waals surface area (Å²) in [6, 6.07) is 7.54. The van der Waals surface area contributed by atoms with E-state index in [9.17, 15) is 20.1 Å². The first-order chi connectivity index (χ1) is 9.97. The van der Waals surface area contributed by atoms with Crippen LogP contribution >= 0.6 is 0 Å². The van der Waals surface area contributed by atoms with Crippen LogP contribution in [0.2, 0.25) is 0 Å². The zero-order valence-electron chi connectivity index (χ0n) is 11.3. The monoisotopic (exact) mass is 286 g/mol. The Morgan fingerprint density at radius 3 is 2.43 bits per heavy atom. The quantitative estimate of drug-likeness (QED) is 0.750. The van der Waals surface area contributed by atoms with E-state index >= 15 is 0 Å². The van der Waals surface area contributed by atoms with Crippen molar-refractivity contribution < 1.29 is 24.9 Å². The standard InChI is InChI=1S/C16H14O5/c1-8-11(18)6-12(19)15-13(20)7-14(21-16(8)15)9-2-4-10(17)5-3-9/h2-6,14,17-19H,7H2,1H3/t14-/m1/s1. The van der Waals surface area contributed by atoms with Gasteiger partial charge in [-0.25, -0.2) is 0 Å². The smallest absolute Gasteiger partial charge is 0.174 e. The molecule has 0 saturated heterocycles. The summed E-state index contributed by atoms with van der Waals surface area (Å²) >= 11 is 0. The van der Waals surface area contributed by atoms with Crippen LogP contribution in [0, 0.1) is 6.92 Å². The van der Waals surface area contributed by atoms with Crippen LogP contribution in [0.25, 0.3) is 0 Å². The third-order valence-electron chi connectivity index (χ3n) is 3.66. The van der Waals surface area contributed by atoms with Crippen LogP contribution in [0.15, 0.2) is 30.3 Å². The molecule has 0 aliphatic carbocycles. The first kappa shape index (κ1) is 13.3. The van der Waals surface area contributed by atoms with Crippen molar-refractivity contribution >= 4 is 5.78 Å². The minimum Gasteiger partial charge on any atom is -0.508 e. The Kier molecular flexibility index (Phi) is 2.97. The second kappa shape index (κ2) is 4.70. The van der Waals surface area contributed by atoms with Gasteiger partial charge in [-0.1, -0.05) is 12.1 Å². The van der Waals surface area contributed by atoms with E-state index in [1.54, 1.807) is 19.1 Å². The van der Waals surface area contributed by atoms with E-state index in [0.717, 1.165) is 11.6 Å². The third-order valence-corrected chi connectivity index (χ3v) is 3.66. The molecular formula is C16H14O5. The molecule has 1 aliphatic rings. The highest BCUT2D eigenvalue weighted by Crippen LogP contribution is 2.44. The zero-order chi connectivity index (χ0) is 15.1. The molecule has 0 saturated carbocycles. The summed E-state index contributed by atoms with van der Waals surface area (Å²) in [5.41, 5.74) is 1.27. The van der Waals surface area contributed by atoms with Crippen LogP contribution in [0.4, 0.5) is 0 Å². The van der Waals surface area contributed by atoms with Gasteiger partial charge in [0.25, 0.3) is 0 Å². The molecule has 0 amide bonds. The zero-order valence-corrected chi connectivity index (χ0v) is 11.3. The second-order valence-corrected chi connectivity index (χ2v) is 5.07. The fraction of sp³-hybridized carbons (Fsp3) is 0.188. The molecule has 5 nitrogen and oxygen atoms in total. The maximum atomic E-state index is 12.2. The average Bonchev–Trinajstić information content (AvgIpc) is 2.44. The van der Waals surface area contributed by atoms with Gasteiger partial charge in [0.1, 0.15) is 34.7 Å². The van der Waals surface area contributed by atoms with E-state index in [0.29, 0.717) is 5.56 Å². The molecule has 3 rings (SSSR count). The van der Waals surface area contributed by atoms with Crippen molar-refractivity contribution in [1.29, 1.82) is 0 Å². The topological polar surface area (TPSA) is 87.0 Å². The number of ether oxygens (including phenoxy) is 1. The lowest BCUT2D eigenvalue weighted by Gasteiger charge is -2.27. The number of hydrogen-bond donors (Lipinski definition) is 3. The summed E-state index contributed by atoms with van der Waals surface area (Å²) < 4.78 is 5.80. The minimum absolute atomic E-state index is 0.0928. The van der Waals surface area contributed by atoms with E-state index in [1.807, 2.05) is 0 Å². The highest BCUT2D eigenvalue weighted by atomic mass is 16.5. The summed E-state index contributed by atoms with van der Waals surface area (Å²) in [4.78, 5) is 12.2. The number of benzene rings is 2. The van der Waals surface area contributed by atoms with E-state index < -0.39 is 6.10 Å². The SMILES string of the molecule is Cc1c(O)cc(O)c2c1O[C@@H](c1ccc(O)cc1)CC2=O. The highest BCUT2D eigenvalue weighted by Gasteiger charge is 2.32. The molecule has 0 radical (unpaired) electrons. The van der Waals surface area contributed by atoms with Gasteiger partial charge in [0.2, 0.25) is 0 Å². The molecule has 21 heavy (non-hydrogen) atoms. The molecule has 0 bridgehead atoms. The van der Waals surface area contributed by atoms with E-state index in [-0.39, 0.29) is 40.8 Å². The number of phenolic OH excluding ortho intramolecular Hbond substituents is 3. The van der Waals surface area contributed by atoms with Crippen LogP contribution in [0.5, 0.6) is 23.0 Å². The van der Waals surface area contributed by atoms with Crippen LogP contribution in [0.1, 0.15) is 34.0 Å². The van der Waals surface area contributed by atoms with Gasteiger partial charge < -0.3 is 20.1 Å². The molecular weight excluding hydrogens is 272 g/mol. The Morgan fingerprint density at radius 2 is 1.76 bits per heavy atom. The number of hydrogen-bond acceptors (Lipinski definition) is 5. The molecule has 1 heterocycles. The molecule has 1 atom stereocenters. The second-order valence-electron chi connectivity index (χ2n) is 5.07. The number of Topliss-reactive ketones (excluding diaryl/α,β-unsaturated/α-hetero) is 1. The Balaban J connectivity index is 2.06. The number of rotatable bonds is 1. The fourth-order valence-corrected chi connectivity index (χ4v) is 2.48. The van der Waals surface area contributed by atoms with Gasteiger partial charge in [0.15, 0.2) is 5.78 Å². The number of carbonyl (C=O) groups excluding carboxylic acids is 1. The van der Waals surface area contributed by atoms with E-state index in [1.165, 1.54) is 12.1 Å². The number of carbonyl (C=O) groups is 1. The molecule has 1 aliphatic heterocycles. The Hall–Kier alpha value is -2.69. The normalized spacial score (nSPS) is 17.2. The number of fused-ring (bicyclic) bond motifs is 1. The van der Waals surface area contributed by atoms with Crippen molar-refractivity contribution in [3.63, 3.8) is 0 Å². The van der Waals surface area contributed by atoms with Gasteiger partial charge in [-0.2, -0.15) is 0 Å². The third kappa shape index (κ3) is 2.16. The van der Waals surface area contributed by atoms with Crippen molar-refractivity contribution in [2.24, 2.45) is 0 Å². The summed E-state index contributed by atoms with van der Waals surface area (Å²) in [6.45, 7) is 1.63. The number of ketones is 1. The highest BCUT2D eigenvalue weighted by molar-refractivity contribution is 6.03. The molecule has 108 valence electrons. The van der Waals surface area contributed by atoms with Crippen molar-refractivity contribution in [2.75, 3.05) is 0 Å². The lowest BCUT2D eigenvalue weighted by molar-refractivity contribution is 0.0843. The van der Waals surface area contributed by atoms with Gasteiger partial charge in [0, 0.05) is 11.6 Å². The Labute approximate surface area is 121 Å². The molecule has 2 aromatic carbocycles. The summed E-state index contributed by atoms with van der Waals surface area (Å²) in [5.74, 6) is -0.294. The van der Waals surface area contributed by atoms with Gasteiger partial charge in [0.05, 0.1) is 6.42 Å². The first-order valence-corrected chi connectivity index (χ1v) is 6.51. The minimum atomic E-state index is -0.509. The molecule has 5 heteroatoms. The maximum Gasteiger partial charge on any atom is 0.174 e. The van der Waals surface area contributed by atoms with Crippen LogP contribution in [-0.2, 0) is 0 Å². The van der Waals surface area contributed by atoms with Crippen LogP contribution < -0.4 is 4.74 Å². The average molecular weight is 286 g/mol. The molecule has 2 aromatic rings.